The van der Waals surface area contributed by atoms with E-state index in [1.807, 2.05) is 0 Å². The minimum Gasteiger partial charge on any atom is -0.378 e. The smallest absolute Gasteiger partial charge is 0.146 e. The average molecular weight is 318 g/mol. The minimum absolute atomic E-state index is 0.405. The van der Waals surface area contributed by atoms with Gasteiger partial charge < -0.3 is 9.30 Å². The molecular formula is C18H30N4O. The predicted molar refractivity (Wildman–Crippen MR) is 89.2 cm³/mol. The molecule has 1 heterocycles. The van der Waals surface area contributed by atoms with E-state index in [0.29, 0.717) is 23.5 Å². The molecule has 0 N–H and O–H groups in total. The molecular weight excluding hydrogens is 288 g/mol. The summed E-state index contributed by atoms with van der Waals surface area (Å²) in [6.07, 6.45) is 9.61. The van der Waals surface area contributed by atoms with Gasteiger partial charge in [0.25, 0.3) is 0 Å². The summed E-state index contributed by atoms with van der Waals surface area (Å²) in [4.78, 5) is 2.52. The van der Waals surface area contributed by atoms with E-state index in [0.717, 1.165) is 19.0 Å². The molecule has 1 aromatic heterocycles. The van der Waals surface area contributed by atoms with Gasteiger partial charge in [-0.25, -0.2) is 0 Å². The number of hydrogen-bond acceptors (Lipinski definition) is 4. The molecule has 4 rings (SSSR count). The van der Waals surface area contributed by atoms with Crippen LogP contribution in [0.4, 0.5) is 0 Å². The van der Waals surface area contributed by atoms with Crippen LogP contribution in [-0.4, -0.2) is 45.5 Å². The largest absolute Gasteiger partial charge is 0.378 e. The molecule has 0 bridgehead atoms. The first-order valence-electron chi connectivity index (χ1n) is 9.35. The van der Waals surface area contributed by atoms with Crippen LogP contribution >= 0.6 is 0 Å². The molecule has 3 saturated carbocycles. The molecule has 0 amide bonds. The van der Waals surface area contributed by atoms with Crippen molar-refractivity contribution in [2.75, 3.05) is 13.7 Å². The quantitative estimate of drug-likeness (QED) is 0.809. The molecule has 3 aliphatic rings. The Labute approximate surface area is 139 Å². The Kier molecular flexibility index (Phi) is 3.96. The van der Waals surface area contributed by atoms with Gasteiger partial charge in [0, 0.05) is 31.0 Å². The third-order valence-corrected chi connectivity index (χ3v) is 6.51. The number of aromatic nitrogens is 3. The second-order valence-electron chi connectivity index (χ2n) is 7.86. The fourth-order valence-electron chi connectivity index (χ4n) is 5.01. The highest BCUT2D eigenvalue weighted by atomic mass is 16.5. The lowest BCUT2D eigenvalue weighted by atomic mass is 9.60. The SMILES string of the molecule is CCO[C@H]1C[C@H](N(C)Cc2nnc(C3CC3)n2C)C12CCCC2. The highest BCUT2D eigenvalue weighted by Crippen LogP contribution is 2.56. The minimum atomic E-state index is 0.405. The maximum absolute atomic E-state index is 6.05. The van der Waals surface area contributed by atoms with Crippen molar-refractivity contribution in [2.45, 2.75) is 76.5 Å². The highest BCUT2D eigenvalue weighted by molar-refractivity contribution is 5.12. The van der Waals surface area contributed by atoms with Gasteiger partial charge >= 0.3 is 0 Å². The molecule has 0 unspecified atom stereocenters. The van der Waals surface area contributed by atoms with Gasteiger partial charge in [-0.3, -0.25) is 4.90 Å². The van der Waals surface area contributed by atoms with Crippen molar-refractivity contribution >= 4 is 0 Å². The van der Waals surface area contributed by atoms with Gasteiger partial charge in [-0.2, -0.15) is 0 Å². The van der Waals surface area contributed by atoms with Crippen LogP contribution in [0.25, 0.3) is 0 Å². The zero-order chi connectivity index (χ0) is 16.0. The summed E-state index contributed by atoms with van der Waals surface area (Å²) >= 11 is 0. The maximum Gasteiger partial charge on any atom is 0.146 e. The van der Waals surface area contributed by atoms with E-state index in [-0.39, 0.29) is 0 Å². The third kappa shape index (κ3) is 2.52. The van der Waals surface area contributed by atoms with Gasteiger partial charge in [-0.05, 0) is 46.1 Å². The van der Waals surface area contributed by atoms with Crippen LogP contribution in [0.1, 0.15) is 69.4 Å². The second kappa shape index (κ2) is 5.85. The van der Waals surface area contributed by atoms with Crippen LogP contribution in [0, 0.1) is 5.41 Å². The van der Waals surface area contributed by atoms with Crippen LogP contribution in [0.15, 0.2) is 0 Å². The van der Waals surface area contributed by atoms with Gasteiger partial charge in [0.2, 0.25) is 0 Å². The molecule has 5 heteroatoms. The Balaban J connectivity index is 1.45. The summed E-state index contributed by atoms with van der Waals surface area (Å²) in [5.41, 5.74) is 0.405. The van der Waals surface area contributed by atoms with Crippen molar-refractivity contribution in [3.63, 3.8) is 0 Å². The number of hydrogen-bond donors (Lipinski definition) is 0. The molecule has 1 aromatic rings. The first-order valence-corrected chi connectivity index (χ1v) is 9.35. The van der Waals surface area contributed by atoms with Gasteiger partial charge in [0.15, 0.2) is 0 Å². The number of nitrogens with zero attached hydrogens (tertiary/aromatic N) is 4. The van der Waals surface area contributed by atoms with Crippen molar-refractivity contribution in [1.29, 1.82) is 0 Å². The first kappa shape index (κ1) is 15.6. The van der Waals surface area contributed by atoms with Crippen LogP contribution < -0.4 is 0 Å². The van der Waals surface area contributed by atoms with E-state index in [4.69, 9.17) is 4.74 Å². The zero-order valence-electron chi connectivity index (χ0n) is 14.8. The van der Waals surface area contributed by atoms with Crippen molar-refractivity contribution in [3.05, 3.63) is 11.6 Å². The molecule has 1 spiro atoms. The summed E-state index contributed by atoms with van der Waals surface area (Å²) in [6.45, 7) is 3.87. The Hall–Kier alpha value is -0.940. The lowest BCUT2D eigenvalue weighted by Gasteiger charge is -2.57. The van der Waals surface area contributed by atoms with Crippen molar-refractivity contribution in [3.8, 4) is 0 Å². The molecule has 0 saturated heterocycles. The highest BCUT2D eigenvalue weighted by Gasteiger charge is 2.57. The maximum atomic E-state index is 6.05. The standard InChI is InChI=1S/C18H30N4O/c1-4-23-15-11-14(18(15)9-5-6-10-18)21(2)12-16-19-20-17(22(16)3)13-7-8-13/h13-15H,4-12H2,1-3H3/t14-,15-/m0/s1. The summed E-state index contributed by atoms with van der Waals surface area (Å²) < 4.78 is 8.28. The third-order valence-electron chi connectivity index (χ3n) is 6.51. The Morgan fingerprint density at radius 3 is 2.65 bits per heavy atom. The van der Waals surface area contributed by atoms with Crippen molar-refractivity contribution < 1.29 is 4.74 Å². The molecule has 128 valence electrons. The van der Waals surface area contributed by atoms with E-state index in [2.05, 4.69) is 40.7 Å². The van der Waals surface area contributed by atoms with Gasteiger partial charge in [-0.15, -0.1) is 10.2 Å². The Morgan fingerprint density at radius 1 is 1.26 bits per heavy atom. The molecule has 0 aliphatic heterocycles. The summed E-state index contributed by atoms with van der Waals surface area (Å²) in [6, 6.07) is 0.641. The predicted octanol–water partition coefficient (Wildman–Crippen LogP) is 2.86. The summed E-state index contributed by atoms with van der Waals surface area (Å²) in [5.74, 6) is 2.96. The molecule has 23 heavy (non-hydrogen) atoms. The number of ether oxygens (including phenoxy) is 1. The van der Waals surface area contributed by atoms with Gasteiger partial charge in [0.05, 0.1) is 12.6 Å². The first-order chi connectivity index (χ1) is 11.2. The fourth-order valence-corrected chi connectivity index (χ4v) is 5.01. The van der Waals surface area contributed by atoms with Crippen molar-refractivity contribution in [1.82, 2.24) is 19.7 Å². The monoisotopic (exact) mass is 318 g/mol. The van der Waals surface area contributed by atoms with E-state index >= 15 is 0 Å². The Bertz CT molecular complexity index is 559. The van der Waals surface area contributed by atoms with Crippen LogP contribution in [-0.2, 0) is 18.3 Å². The van der Waals surface area contributed by atoms with E-state index in [9.17, 15) is 0 Å². The molecule has 3 aliphatic carbocycles. The van der Waals surface area contributed by atoms with Gasteiger partial charge in [0.1, 0.15) is 11.6 Å². The van der Waals surface area contributed by atoms with Crippen LogP contribution in [0.5, 0.6) is 0 Å². The number of rotatable bonds is 6. The molecule has 5 nitrogen and oxygen atoms in total. The summed E-state index contributed by atoms with van der Waals surface area (Å²) in [5, 5.41) is 8.90. The van der Waals surface area contributed by atoms with Crippen LogP contribution in [0.3, 0.4) is 0 Å². The normalized spacial score (nSPS) is 29.4. The fraction of sp³-hybridized carbons (Fsp3) is 0.889. The Morgan fingerprint density at radius 2 is 2.00 bits per heavy atom. The van der Waals surface area contributed by atoms with Gasteiger partial charge in [-0.1, -0.05) is 12.8 Å². The average Bonchev–Trinajstić information content (AvgIpc) is 3.10. The van der Waals surface area contributed by atoms with Crippen LogP contribution in [0.2, 0.25) is 0 Å². The van der Waals surface area contributed by atoms with E-state index in [1.165, 1.54) is 50.8 Å². The summed E-state index contributed by atoms with van der Waals surface area (Å²) in [7, 11) is 4.39. The molecule has 0 radical (unpaired) electrons. The lowest BCUT2D eigenvalue weighted by Crippen LogP contribution is -2.62. The lowest BCUT2D eigenvalue weighted by molar-refractivity contribution is -0.162. The molecule has 0 aromatic carbocycles. The van der Waals surface area contributed by atoms with Crippen molar-refractivity contribution in [2.24, 2.45) is 12.5 Å². The molecule has 3 fully saturated rings. The van der Waals surface area contributed by atoms with E-state index < -0.39 is 0 Å². The topological polar surface area (TPSA) is 43.2 Å². The second-order valence-corrected chi connectivity index (χ2v) is 7.86. The van der Waals surface area contributed by atoms with E-state index in [1.54, 1.807) is 0 Å². The zero-order valence-corrected chi connectivity index (χ0v) is 14.8. The molecule has 2 atom stereocenters.